The zero-order valence-corrected chi connectivity index (χ0v) is 15.3. The number of benzene rings is 1. The minimum Gasteiger partial charge on any atom is -0.496 e. The summed E-state index contributed by atoms with van der Waals surface area (Å²) < 4.78 is 5.41. The molecule has 0 aliphatic heterocycles. The van der Waals surface area contributed by atoms with Crippen LogP contribution < -0.4 is 10.1 Å². The van der Waals surface area contributed by atoms with Crippen molar-refractivity contribution in [2.45, 2.75) is 39.8 Å². The second-order valence-corrected chi connectivity index (χ2v) is 6.05. The number of aryl methyl sites for hydroxylation is 1. The first kappa shape index (κ1) is 18.8. The van der Waals surface area contributed by atoms with Crippen molar-refractivity contribution in [2.24, 2.45) is 0 Å². The SMILES string of the molecule is CCCCN(Cc1ccccc1OC)C(=O)NCc1ccnc(C)c1. The maximum atomic E-state index is 12.7. The van der Waals surface area contributed by atoms with Crippen molar-refractivity contribution >= 4 is 6.03 Å². The van der Waals surface area contributed by atoms with Gasteiger partial charge in [-0.2, -0.15) is 0 Å². The zero-order valence-electron chi connectivity index (χ0n) is 15.3. The van der Waals surface area contributed by atoms with Crippen LogP contribution in [0.2, 0.25) is 0 Å². The number of amides is 2. The lowest BCUT2D eigenvalue weighted by molar-refractivity contribution is 0.193. The molecule has 5 nitrogen and oxygen atoms in total. The van der Waals surface area contributed by atoms with Crippen LogP contribution in [0, 0.1) is 6.92 Å². The summed E-state index contributed by atoms with van der Waals surface area (Å²) in [5.74, 6) is 0.807. The Morgan fingerprint density at radius 1 is 1.28 bits per heavy atom. The standard InChI is InChI=1S/C20H27N3O2/c1-4-5-12-23(15-18-8-6-7-9-19(18)25-3)20(24)22-14-17-10-11-21-16(2)13-17/h6-11,13H,4-5,12,14-15H2,1-3H3,(H,22,24). The maximum Gasteiger partial charge on any atom is 0.317 e. The monoisotopic (exact) mass is 341 g/mol. The molecule has 1 heterocycles. The minimum atomic E-state index is -0.0613. The Balaban J connectivity index is 2.03. The number of unbranched alkanes of at least 4 members (excludes halogenated alkanes) is 1. The average molecular weight is 341 g/mol. The number of carbonyl (C=O) groups is 1. The van der Waals surface area contributed by atoms with Gasteiger partial charge in [0.25, 0.3) is 0 Å². The van der Waals surface area contributed by atoms with Crippen molar-refractivity contribution in [3.05, 3.63) is 59.4 Å². The molecular formula is C20H27N3O2. The first-order valence-electron chi connectivity index (χ1n) is 8.70. The highest BCUT2D eigenvalue weighted by molar-refractivity contribution is 5.74. The van der Waals surface area contributed by atoms with E-state index in [4.69, 9.17) is 4.74 Å². The van der Waals surface area contributed by atoms with Gasteiger partial charge in [-0.3, -0.25) is 4.98 Å². The predicted molar refractivity (Wildman–Crippen MR) is 99.5 cm³/mol. The van der Waals surface area contributed by atoms with Crippen LogP contribution in [0.25, 0.3) is 0 Å². The van der Waals surface area contributed by atoms with Crippen LogP contribution in [-0.2, 0) is 13.1 Å². The van der Waals surface area contributed by atoms with Crippen molar-refractivity contribution in [2.75, 3.05) is 13.7 Å². The van der Waals surface area contributed by atoms with Gasteiger partial charge in [-0.25, -0.2) is 4.79 Å². The van der Waals surface area contributed by atoms with Crippen LogP contribution in [0.4, 0.5) is 4.79 Å². The molecule has 25 heavy (non-hydrogen) atoms. The van der Waals surface area contributed by atoms with E-state index in [1.807, 2.05) is 48.2 Å². The third kappa shape index (κ3) is 5.78. The number of nitrogens with zero attached hydrogens (tertiary/aromatic N) is 2. The molecule has 1 aromatic heterocycles. The number of para-hydroxylation sites is 1. The van der Waals surface area contributed by atoms with Gasteiger partial charge in [0.15, 0.2) is 0 Å². The number of carbonyl (C=O) groups excluding carboxylic acids is 1. The number of ether oxygens (including phenoxy) is 1. The summed E-state index contributed by atoms with van der Waals surface area (Å²) in [7, 11) is 1.65. The molecule has 2 aromatic rings. The Kier molecular flexibility index (Phi) is 7.26. The van der Waals surface area contributed by atoms with Crippen LogP contribution in [0.15, 0.2) is 42.6 Å². The van der Waals surface area contributed by atoms with E-state index >= 15 is 0 Å². The van der Waals surface area contributed by atoms with Gasteiger partial charge in [0, 0.05) is 30.5 Å². The Labute approximate surface area is 150 Å². The van der Waals surface area contributed by atoms with E-state index in [-0.39, 0.29) is 6.03 Å². The maximum absolute atomic E-state index is 12.7. The lowest BCUT2D eigenvalue weighted by Crippen LogP contribution is -2.39. The minimum absolute atomic E-state index is 0.0613. The molecule has 5 heteroatoms. The summed E-state index contributed by atoms with van der Waals surface area (Å²) in [6.45, 7) is 5.82. The molecule has 0 bridgehead atoms. The van der Waals surface area contributed by atoms with Gasteiger partial charge in [-0.1, -0.05) is 31.5 Å². The Morgan fingerprint density at radius 3 is 2.80 bits per heavy atom. The van der Waals surface area contributed by atoms with Gasteiger partial charge >= 0.3 is 6.03 Å². The molecule has 0 aliphatic carbocycles. The van der Waals surface area contributed by atoms with Crippen LogP contribution in [0.1, 0.15) is 36.6 Å². The smallest absolute Gasteiger partial charge is 0.317 e. The molecule has 0 unspecified atom stereocenters. The molecule has 2 rings (SSSR count). The molecular weight excluding hydrogens is 314 g/mol. The fraction of sp³-hybridized carbons (Fsp3) is 0.400. The van der Waals surface area contributed by atoms with Crippen LogP contribution >= 0.6 is 0 Å². The highest BCUT2D eigenvalue weighted by Gasteiger charge is 2.15. The number of hydrogen-bond donors (Lipinski definition) is 1. The summed E-state index contributed by atoms with van der Waals surface area (Å²) in [5.41, 5.74) is 3.01. The summed E-state index contributed by atoms with van der Waals surface area (Å²) in [5, 5.41) is 3.01. The van der Waals surface area contributed by atoms with Crippen molar-refractivity contribution in [3.63, 3.8) is 0 Å². The van der Waals surface area contributed by atoms with E-state index in [9.17, 15) is 4.79 Å². The van der Waals surface area contributed by atoms with E-state index in [2.05, 4.69) is 17.2 Å². The molecule has 2 amide bonds. The number of pyridine rings is 1. The van der Waals surface area contributed by atoms with Gasteiger partial charge in [-0.05, 0) is 37.1 Å². The largest absolute Gasteiger partial charge is 0.496 e. The zero-order chi connectivity index (χ0) is 18.1. The van der Waals surface area contributed by atoms with Crippen LogP contribution in [-0.4, -0.2) is 29.6 Å². The summed E-state index contributed by atoms with van der Waals surface area (Å²) >= 11 is 0. The molecule has 0 fully saturated rings. The second-order valence-electron chi connectivity index (χ2n) is 6.05. The van der Waals surface area contributed by atoms with Crippen molar-refractivity contribution in [3.8, 4) is 5.75 Å². The van der Waals surface area contributed by atoms with Gasteiger partial charge < -0.3 is 15.0 Å². The molecule has 0 saturated heterocycles. The average Bonchev–Trinajstić information content (AvgIpc) is 2.63. The summed E-state index contributed by atoms with van der Waals surface area (Å²) in [6.07, 6.45) is 3.77. The molecule has 0 atom stereocenters. The quantitative estimate of drug-likeness (QED) is 0.792. The number of urea groups is 1. The fourth-order valence-corrected chi connectivity index (χ4v) is 2.64. The predicted octanol–water partition coefficient (Wildman–Crippen LogP) is 3.91. The number of hydrogen-bond acceptors (Lipinski definition) is 3. The molecule has 134 valence electrons. The summed E-state index contributed by atoms with van der Waals surface area (Å²) in [6, 6.07) is 11.7. The summed E-state index contributed by atoms with van der Waals surface area (Å²) in [4.78, 5) is 18.7. The second kappa shape index (κ2) is 9.67. The molecule has 0 aliphatic rings. The number of methoxy groups -OCH3 is 1. The molecule has 1 N–H and O–H groups in total. The van der Waals surface area contributed by atoms with Crippen LogP contribution in [0.3, 0.4) is 0 Å². The van der Waals surface area contributed by atoms with E-state index < -0.39 is 0 Å². The van der Waals surface area contributed by atoms with Crippen molar-refractivity contribution in [1.82, 2.24) is 15.2 Å². The molecule has 0 saturated carbocycles. The van der Waals surface area contributed by atoms with Gasteiger partial charge in [-0.15, -0.1) is 0 Å². The third-order valence-electron chi connectivity index (χ3n) is 4.03. The van der Waals surface area contributed by atoms with Crippen molar-refractivity contribution in [1.29, 1.82) is 0 Å². The lowest BCUT2D eigenvalue weighted by atomic mass is 10.2. The van der Waals surface area contributed by atoms with E-state index in [1.165, 1.54) is 0 Å². The normalized spacial score (nSPS) is 10.4. The molecule has 0 spiro atoms. The highest BCUT2D eigenvalue weighted by atomic mass is 16.5. The van der Waals surface area contributed by atoms with Gasteiger partial charge in [0.05, 0.1) is 13.7 Å². The number of nitrogens with one attached hydrogen (secondary N) is 1. The first-order valence-corrected chi connectivity index (χ1v) is 8.70. The highest BCUT2D eigenvalue weighted by Crippen LogP contribution is 2.19. The topological polar surface area (TPSA) is 54.5 Å². The van der Waals surface area contributed by atoms with E-state index in [0.29, 0.717) is 13.1 Å². The third-order valence-corrected chi connectivity index (χ3v) is 4.03. The van der Waals surface area contributed by atoms with Crippen LogP contribution in [0.5, 0.6) is 5.75 Å². The van der Waals surface area contributed by atoms with Gasteiger partial charge in [0.1, 0.15) is 5.75 Å². The molecule has 0 radical (unpaired) electrons. The van der Waals surface area contributed by atoms with Gasteiger partial charge in [0.2, 0.25) is 0 Å². The Morgan fingerprint density at radius 2 is 2.08 bits per heavy atom. The Hall–Kier alpha value is -2.56. The fourth-order valence-electron chi connectivity index (χ4n) is 2.64. The van der Waals surface area contributed by atoms with E-state index in [0.717, 1.165) is 42.0 Å². The number of rotatable bonds is 8. The number of aromatic nitrogens is 1. The lowest BCUT2D eigenvalue weighted by Gasteiger charge is -2.24. The van der Waals surface area contributed by atoms with E-state index in [1.54, 1.807) is 13.3 Å². The van der Waals surface area contributed by atoms with Crippen molar-refractivity contribution < 1.29 is 9.53 Å². The Bertz CT molecular complexity index is 688. The first-order chi connectivity index (χ1) is 12.1. The molecule has 1 aromatic carbocycles.